The number of aliphatic hydroxyl groups is 1. The molecule has 3 rings (SSSR count). The maximum atomic E-state index is 12.9. The van der Waals surface area contributed by atoms with Gasteiger partial charge >= 0.3 is 6.18 Å². The molecule has 8 heteroatoms. The second-order valence-electron chi connectivity index (χ2n) is 7.27. The van der Waals surface area contributed by atoms with Gasteiger partial charge in [-0.15, -0.1) is 0 Å². The van der Waals surface area contributed by atoms with E-state index in [4.69, 9.17) is 10.5 Å². The molecule has 3 atom stereocenters. The largest absolute Gasteiger partial charge is 0.417 e. The lowest BCUT2D eigenvalue weighted by Crippen LogP contribution is -2.72. The van der Waals surface area contributed by atoms with Crippen LogP contribution >= 0.6 is 0 Å². The monoisotopic (exact) mass is 336 g/mol. The standard InChI is InChI=1S/C15H23F3N2O3/c16-15(17,18)14(22)4-1-9(2-5-14)11-13(8-23-11)7-10(12(19)21)3-6-20-13/h9-11,20,22H,1-8H2,(H2,19,21). The number of halogens is 3. The number of alkyl halides is 3. The Labute approximate surface area is 132 Å². The van der Waals surface area contributed by atoms with E-state index >= 15 is 0 Å². The smallest absolute Gasteiger partial charge is 0.380 e. The molecule has 1 aliphatic carbocycles. The zero-order chi connectivity index (χ0) is 16.9. The van der Waals surface area contributed by atoms with Gasteiger partial charge < -0.3 is 20.9 Å². The number of nitrogens with two attached hydrogens (primary N) is 1. The molecule has 3 aliphatic rings. The molecule has 2 aliphatic heterocycles. The van der Waals surface area contributed by atoms with E-state index in [0.717, 1.165) is 0 Å². The highest BCUT2D eigenvalue weighted by Gasteiger charge is 2.59. The SMILES string of the molecule is NC(=O)C1CCNC2(COC2C2CCC(O)(C(F)(F)F)CC2)C1. The van der Waals surface area contributed by atoms with E-state index in [2.05, 4.69) is 5.32 Å². The summed E-state index contributed by atoms with van der Waals surface area (Å²) in [6.45, 7) is 1.12. The minimum Gasteiger partial charge on any atom is -0.380 e. The summed E-state index contributed by atoms with van der Waals surface area (Å²) in [4.78, 5) is 11.5. The van der Waals surface area contributed by atoms with Gasteiger partial charge in [0.1, 0.15) is 0 Å². The molecule has 0 aromatic carbocycles. The third kappa shape index (κ3) is 2.85. The number of nitrogens with one attached hydrogen (secondary N) is 1. The Balaban J connectivity index is 1.64. The number of ether oxygens (including phenoxy) is 1. The van der Waals surface area contributed by atoms with E-state index in [-0.39, 0.29) is 55.1 Å². The molecular weight excluding hydrogens is 313 g/mol. The fourth-order valence-electron chi connectivity index (χ4n) is 4.35. The Hall–Kier alpha value is -0.860. The number of piperidine rings is 1. The van der Waals surface area contributed by atoms with E-state index in [0.29, 0.717) is 26.0 Å². The summed E-state index contributed by atoms with van der Waals surface area (Å²) < 4.78 is 44.3. The average Bonchev–Trinajstić information content (AvgIpc) is 2.47. The van der Waals surface area contributed by atoms with Crippen molar-refractivity contribution < 1.29 is 27.8 Å². The summed E-state index contributed by atoms with van der Waals surface area (Å²) >= 11 is 0. The Morgan fingerprint density at radius 1 is 1.26 bits per heavy atom. The number of rotatable bonds is 2. The molecule has 3 unspecified atom stereocenters. The first-order valence-corrected chi connectivity index (χ1v) is 8.12. The lowest BCUT2D eigenvalue weighted by molar-refractivity contribution is -0.279. The van der Waals surface area contributed by atoms with Crippen molar-refractivity contribution in [2.24, 2.45) is 17.6 Å². The zero-order valence-corrected chi connectivity index (χ0v) is 12.9. The van der Waals surface area contributed by atoms with Crippen molar-refractivity contribution in [1.82, 2.24) is 5.32 Å². The van der Waals surface area contributed by atoms with E-state index < -0.39 is 11.8 Å². The van der Waals surface area contributed by atoms with Gasteiger partial charge in [0.2, 0.25) is 5.91 Å². The van der Waals surface area contributed by atoms with Crippen molar-refractivity contribution in [1.29, 1.82) is 0 Å². The van der Waals surface area contributed by atoms with Crippen LogP contribution in [0.25, 0.3) is 0 Å². The van der Waals surface area contributed by atoms with Crippen LogP contribution in [0, 0.1) is 11.8 Å². The van der Waals surface area contributed by atoms with E-state index in [1.807, 2.05) is 0 Å². The van der Waals surface area contributed by atoms with E-state index in [1.54, 1.807) is 0 Å². The number of carbonyl (C=O) groups excluding carboxylic acids is 1. The lowest BCUT2D eigenvalue weighted by Gasteiger charge is -2.57. The quantitative estimate of drug-likeness (QED) is 0.705. The van der Waals surface area contributed by atoms with Crippen molar-refractivity contribution in [3.8, 4) is 0 Å². The number of amides is 1. The van der Waals surface area contributed by atoms with Crippen molar-refractivity contribution in [2.45, 2.75) is 61.9 Å². The average molecular weight is 336 g/mol. The van der Waals surface area contributed by atoms with Gasteiger partial charge in [0.15, 0.2) is 5.60 Å². The highest BCUT2D eigenvalue weighted by Crippen LogP contribution is 2.48. The molecule has 1 saturated carbocycles. The molecule has 0 bridgehead atoms. The first-order valence-electron chi connectivity index (χ1n) is 8.12. The maximum Gasteiger partial charge on any atom is 0.417 e. The third-order valence-electron chi connectivity index (χ3n) is 5.86. The fraction of sp³-hybridized carbons (Fsp3) is 0.933. The second-order valence-corrected chi connectivity index (χ2v) is 7.27. The van der Waals surface area contributed by atoms with Gasteiger partial charge in [0.25, 0.3) is 0 Å². The van der Waals surface area contributed by atoms with Gasteiger partial charge in [-0.3, -0.25) is 4.79 Å². The van der Waals surface area contributed by atoms with Crippen molar-refractivity contribution >= 4 is 5.91 Å². The van der Waals surface area contributed by atoms with Crippen molar-refractivity contribution in [3.05, 3.63) is 0 Å². The van der Waals surface area contributed by atoms with Gasteiger partial charge in [0.05, 0.1) is 18.2 Å². The predicted octanol–water partition coefficient (Wildman–Crippen LogP) is 1.09. The van der Waals surface area contributed by atoms with Gasteiger partial charge in [0, 0.05) is 5.92 Å². The highest BCUT2D eigenvalue weighted by atomic mass is 19.4. The Morgan fingerprint density at radius 3 is 2.39 bits per heavy atom. The number of hydrogen-bond donors (Lipinski definition) is 3. The maximum absolute atomic E-state index is 12.9. The number of hydrogen-bond acceptors (Lipinski definition) is 4. The van der Waals surface area contributed by atoms with Crippen molar-refractivity contribution in [3.63, 3.8) is 0 Å². The van der Waals surface area contributed by atoms with Crippen LogP contribution in [0.15, 0.2) is 0 Å². The molecule has 132 valence electrons. The molecule has 1 amide bonds. The molecule has 2 saturated heterocycles. The second kappa shape index (κ2) is 5.60. The van der Waals surface area contributed by atoms with Crippen LogP contribution in [0.2, 0.25) is 0 Å². The van der Waals surface area contributed by atoms with Crippen LogP contribution in [-0.2, 0) is 9.53 Å². The predicted molar refractivity (Wildman–Crippen MR) is 75.4 cm³/mol. The minimum atomic E-state index is -4.59. The molecule has 1 spiro atoms. The molecule has 23 heavy (non-hydrogen) atoms. The molecular formula is C15H23F3N2O3. The summed E-state index contributed by atoms with van der Waals surface area (Å²) in [7, 11) is 0. The summed E-state index contributed by atoms with van der Waals surface area (Å²) in [6.07, 6.45) is -3.59. The van der Waals surface area contributed by atoms with Gasteiger partial charge in [-0.1, -0.05) is 0 Å². The van der Waals surface area contributed by atoms with Gasteiger partial charge in [-0.2, -0.15) is 13.2 Å². The van der Waals surface area contributed by atoms with Crippen LogP contribution < -0.4 is 11.1 Å². The molecule has 2 heterocycles. The lowest BCUT2D eigenvalue weighted by atomic mass is 9.66. The topological polar surface area (TPSA) is 84.6 Å². The molecule has 4 N–H and O–H groups in total. The molecule has 5 nitrogen and oxygen atoms in total. The van der Waals surface area contributed by atoms with Crippen LogP contribution in [0.4, 0.5) is 13.2 Å². The van der Waals surface area contributed by atoms with E-state index in [1.165, 1.54) is 0 Å². The Kier molecular flexibility index (Phi) is 4.13. The fourth-order valence-corrected chi connectivity index (χ4v) is 4.35. The third-order valence-corrected chi connectivity index (χ3v) is 5.86. The van der Waals surface area contributed by atoms with Crippen molar-refractivity contribution in [2.75, 3.05) is 13.2 Å². The summed E-state index contributed by atoms with van der Waals surface area (Å²) in [5.41, 5.74) is 2.48. The van der Waals surface area contributed by atoms with Crippen LogP contribution in [0.5, 0.6) is 0 Å². The van der Waals surface area contributed by atoms with Gasteiger partial charge in [-0.25, -0.2) is 0 Å². The highest BCUT2D eigenvalue weighted by molar-refractivity contribution is 5.77. The molecule has 3 fully saturated rings. The van der Waals surface area contributed by atoms with Crippen LogP contribution in [0.1, 0.15) is 38.5 Å². The molecule has 0 radical (unpaired) electrons. The Bertz CT molecular complexity index is 477. The van der Waals surface area contributed by atoms with Gasteiger partial charge in [-0.05, 0) is 51.0 Å². The summed E-state index contributed by atoms with van der Waals surface area (Å²) in [5.74, 6) is -0.574. The molecule has 0 aromatic heterocycles. The number of primary amides is 1. The summed E-state index contributed by atoms with van der Waals surface area (Å²) in [5, 5.41) is 13.2. The van der Waals surface area contributed by atoms with Crippen LogP contribution in [-0.4, -0.2) is 47.6 Å². The Morgan fingerprint density at radius 2 is 1.91 bits per heavy atom. The first-order chi connectivity index (χ1) is 10.7. The minimum absolute atomic E-state index is 0.0366. The van der Waals surface area contributed by atoms with E-state index in [9.17, 15) is 23.1 Å². The first kappa shape index (κ1) is 17.0. The zero-order valence-electron chi connectivity index (χ0n) is 12.9. The summed E-state index contributed by atoms with van der Waals surface area (Å²) in [6, 6.07) is 0. The molecule has 0 aromatic rings. The van der Waals surface area contributed by atoms with Crippen LogP contribution in [0.3, 0.4) is 0 Å². The number of carbonyl (C=O) groups is 1. The normalized spacial score (nSPS) is 44.8.